The summed E-state index contributed by atoms with van der Waals surface area (Å²) in [5.41, 5.74) is 1.05. The van der Waals surface area contributed by atoms with Gasteiger partial charge in [-0.3, -0.25) is 4.79 Å². The first kappa shape index (κ1) is 17.7. The molecule has 0 heterocycles. The van der Waals surface area contributed by atoms with Gasteiger partial charge in [0.15, 0.2) is 18.1 Å². The highest BCUT2D eigenvalue weighted by atomic mass is 79.9. The summed E-state index contributed by atoms with van der Waals surface area (Å²) in [6.45, 7) is -0.264. The molecule has 24 heavy (non-hydrogen) atoms. The van der Waals surface area contributed by atoms with Crippen molar-refractivity contribution in [3.8, 4) is 11.5 Å². The number of anilines is 1. The molecule has 0 unspecified atom stereocenters. The van der Waals surface area contributed by atoms with E-state index in [1.807, 2.05) is 0 Å². The summed E-state index contributed by atoms with van der Waals surface area (Å²) in [6, 6.07) is 8.64. The van der Waals surface area contributed by atoms with Crippen LogP contribution in [-0.2, 0) is 4.79 Å². The van der Waals surface area contributed by atoms with E-state index in [1.165, 1.54) is 37.6 Å². The van der Waals surface area contributed by atoms with E-state index in [1.54, 1.807) is 12.1 Å². The number of hydrogen-bond donors (Lipinski definition) is 2. The molecule has 0 saturated carbocycles. The minimum absolute atomic E-state index is 0.264. The number of nitrogens with one attached hydrogen (secondary N) is 1. The molecule has 0 saturated heterocycles. The van der Waals surface area contributed by atoms with Gasteiger partial charge in [0.05, 0.1) is 17.8 Å². The second-order valence-corrected chi connectivity index (χ2v) is 5.48. The van der Waals surface area contributed by atoms with Crippen LogP contribution in [0.2, 0.25) is 0 Å². The van der Waals surface area contributed by atoms with E-state index < -0.39 is 5.91 Å². The van der Waals surface area contributed by atoms with Gasteiger partial charge in [0.25, 0.3) is 5.91 Å². The highest BCUT2D eigenvalue weighted by molar-refractivity contribution is 9.10. The second kappa shape index (κ2) is 8.30. The summed E-state index contributed by atoms with van der Waals surface area (Å²) in [6.07, 6.45) is 1.23. The molecule has 6 nitrogen and oxygen atoms in total. The van der Waals surface area contributed by atoms with Crippen LogP contribution in [0.25, 0.3) is 0 Å². The highest BCUT2D eigenvalue weighted by Crippen LogP contribution is 2.36. The fourth-order valence-corrected chi connectivity index (χ4v) is 2.46. The molecule has 2 N–H and O–H groups in total. The summed E-state index contributed by atoms with van der Waals surface area (Å²) >= 11 is 3.31. The Morgan fingerprint density at radius 3 is 2.71 bits per heavy atom. The lowest BCUT2D eigenvalue weighted by molar-refractivity contribution is -0.118. The van der Waals surface area contributed by atoms with Crippen LogP contribution in [0, 0.1) is 5.82 Å². The van der Waals surface area contributed by atoms with Crippen LogP contribution < -0.4 is 14.8 Å². The Hall–Kier alpha value is -2.61. The van der Waals surface area contributed by atoms with E-state index in [9.17, 15) is 9.18 Å². The van der Waals surface area contributed by atoms with Gasteiger partial charge in [0.1, 0.15) is 5.82 Å². The van der Waals surface area contributed by atoms with Gasteiger partial charge in [-0.15, -0.1) is 0 Å². The van der Waals surface area contributed by atoms with Gasteiger partial charge in [-0.25, -0.2) is 4.39 Å². The van der Waals surface area contributed by atoms with Crippen LogP contribution in [-0.4, -0.2) is 31.0 Å². The number of ether oxygens (including phenoxy) is 2. The van der Waals surface area contributed by atoms with Gasteiger partial charge in [0, 0.05) is 11.3 Å². The van der Waals surface area contributed by atoms with Crippen molar-refractivity contribution in [3.05, 3.63) is 52.3 Å². The van der Waals surface area contributed by atoms with E-state index in [0.717, 1.165) is 0 Å². The third kappa shape index (κ3) is 4.69. The third-order valence-corrected chi connectivity index (χ3v) is 3.52. The number of benzene rings is 2. The number of methoxy groups -OCH3 is 1. The summed E-state index contributed by atoms with van der Waals surface area (Å²) in [5.74, 6) is -0.0864. The Bertz CT molecular complexity index is 750. The van der Waals surface area contributed by atoms with Crippen LogP contribution in [0.3, 0.4) is 0 Å². The van der Waals surface area contributed by atoms with Crippen molar-refractivity contribution in [2.45, 2.75) is 0 Å². The quantitative estimate of drug-likeness (QED) is 0.445. The zero-order valence-corrected chi connectivity index (χ0v) is 14.2. The molecule has 0 bridgehead atoms. The molecule has 0 spiro atoms. The van der Waals surface area contributed by atoms with E-state index >= 15 is 0 Å². The molecule has 0 fully saturated rings. The largest absolute Gasteiger partial charge is 0.493 e. The number of carbonyl (C=O) groups excluding carboxylic acids is 1. The van der Waals surface area contributed by atoms with Gasteiger partial charge in [-0.05, 0) is 52.3 Å². The lowest BCUT2D eigenvalue weighted by atomic mass is 10.2. The first-order chi connectivity index (χ1) is 11.5. The Morgan fingerprint density at radius 1 is 1.38 bits per heavy atom. The van der Waals surface area contributed by atoms with Crippen LogP contribution in [0.4, 0.5) is 10.1 Å². The Morgan fingerprint density at radius 2 is 2.08 bits per heavy atom. The summed E-state index contributed by atoms with van der Waals surface area (Å²) in [4.78, 5) is 11.9. The number of rotatable bonds is 6. The first-order valence-electron chi connectivity index (χ1n) is 6.76. The molecule has 0 aliphatic rings. The van der Waals surface area contributed by atoms with Gasteiger partial charge >= 0.3 is 0 Å². The van der Waals surface area contributed by atoms with Crippen molar-refractivity contribution >= 4 is 33.7 Å². The van der Waals surface area contributed by atoms with Crippen LogP contribution in [0.15, 0.2) is 46.0 Å². The molecule has 8 heteroatoms. The number of nitrogens with zero attached hydrogens (tertiary/aromatic N) is 1. The highest BCUT2D eigenvalue weighted by Gasteiger charge is 2.13. The topological polar surface area (TPSA) is 80.2 Å². The molecule has 0 radical (unpaired) electrons. The number of halogens is 2. The molecule has 2 aromatic carbocycles. The molecular formula is C16H14BrFN2O4. The number of amides is 1. The first-order valence-corrected chi connectivity index (χ1v) is 7.56. The molecule has 126 valence electrons. The minimum Gasteiger partial charge on any atom is -0.493 e. The maximum absolute atomic E-state index is 12.8. The SMILES string of the molecule is COc1cc(/C=N/O)cc(Br)c1OCC(=O)Nc1ccc(F)cc1. The predicted octanol–water partition coefficient (Wildman–Crippen LogP) is 3.42. The van der Waals surface area contributed by atoms with Crippen molar-refractivity contribution in [2.24, 2.45) is 5.16 Å². The maximum atomic E-state index is 12.8. The molecule has 1 amide bonds. The molecule has 2 rings (SSSR count). The Labute approximate surface area is 146 Å². The average Bonchev–Trinajstić information content (AvgIpc) is 2.56. The molecular weight excluding hydrogens is 383 g/mol. The summed E-state index contributed by atoms with van der Waals surface area (Å²) < 4.78 is 24.1. The third-order valence-electron chi connectivity index (χ3n) is 2.93. The lowest BCUT2D eigenvalue weighted by Crippen LogP contribution is -2.20. The van der Waals surface area contributed by atoms with Crippen LogP contribution >= 0.6 is 15.9 Å². The zero-order valence-electron chi connectivity index (χ0n) is 12.6. The Balaban J connectivity index is 2.05. The van der Waals surface area contributed by atoms with Gasteiger partial charge in [-0.1, -0.05) is 5.16 Å². The fourth-order valence-electron chi connectivity index (χ4n) is 1.89. The van der Waals surface area contributed by atoms with Crippen molar-refractivity contribution in [2.75, 3.05) is 19.0 Å². The van der Waals surface area contributed by atoms with Crippen LogP contribution in [0.5, 0.6) is 11.5 Å². The molecule has 0 atom stereocenters. The zero-order chi connectivity index (χ0) is 17.5. The fraction of sp³-hybridized carbons (Fsp3) is 0.125. The number of hydrogen-bond acceptors (Lipinski definition) is 5. The minimum atomic E-state index is -0.406. The Kier molecular flexibility index (Phi) is 6.14. The van der Waals surface area contributed by atoms with Crippen molar-refractivity contribution in [3.63, 3.8) is 0 Å². The second-order valence-electron chi connectivity index (χ2n) is 4.62. The van der Waals surface area contributed by atoms with E-state index in [2.05, 4.69) is 26.4 Å². The standard InChI is InChI=1S/C16H14BrFN2O4/c1-23-14-7-10(8-19-22)6-13(17)16(14)24-9-15(21)20-12-4-2-11(18)3-5-12/h2-8,22H,9H2,1H3,(H,20,21)/b19-8+. The average molecular weight is 397 g/mol. The smallest absolute Gasteiger partial charge is 0.262 e. The van der Waals surface area contributed by atoms with Crippen molar-refractivity contribution < 1.29 is 23.9 Å². The monoisotopic (exact) mass is 396 g/mol. The number of carbonyl (C=O) groups is 1. The van der Waals surface area contributed by atoms with Gasteiger partial charge < -0.3 is 20.0 Å². The normalized spacial score (nSPS) is 10.6. The lowest BCUT2D eigenvalue weighted by Gasteiger charge is -2.13. The number of oxime groups is 1. The van der Waals surface area contributed by atoms with Crippen LogP contribution in [0.1, 0.15) is 5.56 Å². The van der Waals surface area contributed by atoms with Crippen molar-refractivity contribution in [1.82, 2.24) is 0 Å². The molecule has 0 aliphatic carbocycles. The summed E-state index contributed by atoms with van der Waals surface area (Å²) in [7, 11) is 1.45. The van der Waals surface area contributed by atoms with E-state index in [0.29, 0.717) is 27.2 Å². The van der Waals surface area contributed by atoms with E-state index in [-0.39, 0.29) is 12.4 Å². The maximum Gasteiger partial charge on any atom is 0.262 e. The molecule has 0 aliphatic heterocycles. The van der Waals surface area contributed by atoms with Crippen molar-refractivity contribution in [1.29, 1.82) is 0 Å². The molecule has 2 aromatic rings. The predicted molar refractivity (Wildman–Crippen MR) is 90.6 cm³/mol. The van der Waals surface area contributed by atoms with Gasteiger partial charge in [0.2, 0.25) is 0 Å². The molecule has 0 aromatic heterocycles. The van der Waals surface area contributed by atoms with E-state index in [4.69, 9.17) is 14.7 Å². The summed E-state index contributed by atoms with van der Waals surface area (Å²) in [5, 5.41) is 14.1. The van der Waals surface area contributed by atoms with Gasteiger partial charge in [-0.2, -0.15) is 0 Å².